The highest BCUT2D eigenvalue weighted by molar-refractivity contribution is 9.10. The topological polar surface area (TPSA) is 22.2 Å². The van der Waals surface area contributed by atoms with Crippen molar-refractivity contribution in [3.05, 3.63) is 70.8 Å². The smallest absolute Gasteiger partial charge is 0.162 e. The van der Waals surface area contributed by atoms with Gasteiger partial charge in [0, 0.05) is 33.9 Å². The van der Waals surface area contributed by atoms with E-state index in [0.717, 1.165) is 23.3 Å². The molecule has 4 heteroatoms. The summed E-state index contributed by atoms with van der Waals surface area (Å²) in [5, 5.41) is 4.93. The Labute approximate surface area is 155 Å². The van der Waals surface area contributed by atoms with Crippen LogP contribution < -0.4 is 0 Å². The van der Waals surface area contributed by atoms with Crippen molar-refractivity contribution in [1.29, 1.82) is 0 Å². The first kappa shape index (κ1) is 15.0. The SMILES string of the molecule is Brc1ccc(-c2cn3nc(-c4ccccc4)n4c3c2CCCC4)cc1. The summed E-state index contributed by atoms with van der Waals surface area (Å²) in [5.41, 5.74) is 6.44. The van der Waals surface area contributed by atoms with E-state index in [1.54, 1.807) is 0 Å². The minimum absolute atomic E-state index is 1.03. The Hall–Kier alpha value is -2.33. The van der Waals surface area contributed by atoms with E-state index in [4.69, 9.17) is 5.10 Å². The number of nitrogens with zero attached hydrogens (tertiary/aromatic N) is 3. The maximum absolute atomic E-state index is 4.93. The lowest BCUT2D eigenvalue weighted by molar-refractivity contribution is 0.645. The lowest BCUT2D eigenvalue weighted by atomic mass is 10.0. The average Bonchev–Trinajstić information content (AvgIpc) is 3.08. The Morgan fingerprint density at radius 2 is 1.68 bits per heavy atom. The van der Waals surface area contributed by atoms with Crippen LogP contribution in [-0.2, 0) is 13.0 Å². The molecule has 25 heavy (non-hydrogen) atoms. The molecule has 4 aromatic rings. The normalized spacial score (nSPS) is 14.0. The van der Waals surface area contributed by atoms with Gasteiger partial charge in [0.1, 0.15) is 5.65 Å². The van der Waals surface area contributed by atoms with Gasteiger partial charge in [0.05, 0.1) is 0 Å². The fourth-order valence-electron chi connectivity index (χ4n) is 3.85. The predicted molar refractivity (Wildman–Crippen MR) is 105 cm³/mol. The van der Waals surface area contributed by atoms with Gasteiger partial charge in [0.2, 0.25) is 0 Å². The highest BCUT2D eigenvalue weighted by atomic mass is 79.9. The molecule has 0 saturated carbocycles. The molecule has 3 heterocycles. The Bertz CT molecular complexity index is 1040. The van der Waals surface area contributed by atoms with Crippen LogP contribution in [-0.4, -0.2) is 14.2 Å². The van der Waals surface area contributed by atoms with Crippen LogP contribution in [0.3, 0.4) is 0 Å². The van der Waals surface area contributed by atoms with E-state index < -0.39 is 0 Å². The molecule has 0 fully saturated rings. The van der Waals surface area contributed by atoms with Crippen LogP contribution in [0.2, 0.25) is 0 Å². The van der Waals surface area contributed by atoms with Gasteiger partial charge in [-0.3, -0.25) is 0 Å². The molecule has 0 unspecified atom stereocenters. The summed E-state index contributed by atoms with van der Waals surface area (Å²) in [5.74, 6) is 1.07. The summed E-state index contributed by atoms with van der Waals surface area (Å²) in [6.45, 7) is 1.03. The van der Waals surface area contributed by atoms with E-state index in [2.05, 4.69) is 85.8 Å². The Balaban J connectivity index is 1.74. The van der Waals surface area contributed by atoms with E-state index >= 15 is 0 Å². The summed E-state index contributed by atoms with van der Waals surface area (Å²) in [6, 6.07) is 19.1. The molecule has 2 aromatic carbocycles. The summed E-state index contributed by atoms with van der Waals surface area (Å²) in [4.78, 5) is 0. The van der Waals surface area contributed by atoms with Crippen LogP contribution in [0.25, 0.3) is 28.2 Å². The first-order valence-corrected chi connectivity index (χ1v) is 9.53. The molecule has 2 aromatic heterocycles. The van der Waals surface area contributed by atoms with Crippen molar-refractivity contribution in [2.75, 3.05) is 0 Å². The molecular formula is C21H18BrN3. The van der Waals surface area contributed by atoms with Gasteiger partial charge in [0.15, 0.2) is 5.82 Å². The van der Waals surface area contributed by atoms with Gasteiger partial charge < -0.3 is 4.57 Å². The van der Waals surface area contributed by atoms with Gasteiger partial charge in [-0.15, -0.1) is 5.10 Å². The Morgan fingerprint density at radius 1 is 0.880 bits per heavy atom. The van der Waals surface area contributed by atoms with Crippen molar-refractivity contribution in [1.82, 2.24) is 14.2 Å². The molecule has 0 radical (unpaired) electrons. The molecule has 0 saturated heterocycles. The number of hydrogen-bond donors (Lipinski definition) is 0. The number of rotatable bonds is 2. The molecule has 0 N–H and O–H groups in total. The quantitative estimate of drug-likeness (QED) is 0.437. The molecule has 3 nitrogen and oxygen atoms in total. The van der Waals surface area contributed by atoms with Crippen LogP contribution in [0.1, 0.15) is 18.4 Å². The van der Waals surface area contributed by atoms with Gasteiger partial charge in [-0.25, -0.2) is 4.52 Å². The third kappa shape index (κ3) is 2.44. The number of hydrogen-bond acceptors (Lipinski definition) is 1. The number of halogens is 1. The van der Waals surface area contributed by atoms with E-state index in [-0.39, 0.29) is 0 Å². The second kappa shape index (κ2) is 5.88. The molecule has 124 valence electrons. The number of aryl methyl sites for hydroxylation is 2. The molecule has 0 spiro atoms. The second-order valence-corrected chi connectivity index (χ2v) is 7.51. The first-order valence-electron chi connectivity index (χ1n) is 8.73. The lowest BCUT2D eigenvalue weighted by Gasteiger charge is -2.06. The van der Waals surface area contributed by atoms with Gasteiger partial charge >= 0.3 is 0 Å². The third-order valence-electron chi connectivity index (χ3n) is 5.02. The van der Waals surface area contributed by atoms with E-state index in [9.17, 15) is 0 Å². The maximum atomic E-state index is 4.93. The fraction of sp³-hybridized carbons (Fsp3) is 0.190. The molecule has 0 amide bonds. The van der Waals surface area contributed by atoms with Gasteiger partial charge in [-0.05, 0) is 37.0 Å². The Kier molecular flexibility index (Phi) is 3.52. The molecule has 0 atom stereocenters. The lowest BCUT2D eigenvalue weighted by Crippen LogP contribution is -1.99. The van der Waals surface area contributed by atoms with Gasteiger partial charge in [-0.1, -0.05) is 58.4 Å². The predicted octanol–water partition coefficient (Wildman–Crippen LogP) is 5.57. The van der Waals surface area contributed by atoms with Crippen LogP contribution in [0.4, 0.5) is 0 Å². The molecule has 5 rings (SSSR count). The van der Waals surface area contributed by atoms with Crippen molar-refractivity contribution in [2.24, 2.45) is 0 Å². The standard InChI is InChI=1S/C21H18BrN3/c22-17-11-9-15(10-12-17)19-14-25-21-18(19)8-4-5-13-24(21)20(23-25)16-6-2-1-3-7-16/h1-3,6-7,9-12,14H,4-5,8,13H2. The fourth-order valence-corrected chi connectivity index (χ4v) is 4.11. The maximum Gasteiger partial charge on any atom is 0.162 e. The highest BCUT2D eigenvalue weighted by Gasteiger charge is 2.22. The number of aromatic nitrogens is 3. The first-order chi connectivity index (χ1) is 12.3. The molecule has 0 aliphatic carbocycles. The van der Waals surface area contributed by atoms with Crippen molar-refractivity contribution < 1.29 is 0 Å². The zero-order valence-corrected chi connectivity index (χ0v) is 15.4. The van der Waals surface area contributed by atoms with Crippen molar-refractivity contribution in [3.8, 4) is 22.5 Å². The zero-order chi connectivity index (χ0) is 16.8. The van der Waals surface area contributed by atoms with Crippen LogP contribution in [0.5, 0.6) is 0 Å². The van der Waals surface area contributed by atoms with Crippen molar-refractivity contribution in [2.45, 2.75) is 25.8 Å². The summed E-state index contributed by atoms with van der Waals surface area (Å²) in [7, 11) is 0. The minimum atomic E-state index is 1.03. The van der Waals surface area contributed by atoms with Gasteiger partial charge in [-0.2, -0.15) is 0 Å². The van der Waals surface area contributed by atoms with Crippen LogP contribution in [0.15, 0.2) is 65.3 Å². The second-order valence-electron chi connectivity index (χ2n) is 6.59. The van der Waals surface area contributed by atoms with Crippen LogP contribution >= 0.6 is 15.9 Å². The van der Waals surface area contributed by atoms with Crippen molar-refractivity contribution >= 4 is 21.6 Å². The van der Waals surface area contributed by atoms with Crippen LogP contribution in [0, 0.1) is 0 Å². The molecule has 1 aliphatic heterocycles. The highest BCUT2D eigenvalue weighted by Crippen LogP contribution is 2.35. The zero-order valence-electron chi connectivity index (χ0n) is 13.8. The van der Waals surface area contributed by atoms with Crippen molar-refractivity contribution in [3.63, 3.8) is 0 Å². The largest absolute Gasteiger partial charge is 0.309 e. The van der Waals surface area contributed by atoms with E-state index in [0.29, 0.717) is 0 Å². The summed E-state index contributed by atoms with van der Waals surface area (Å²) >= 11 is 3.53. The van der Waals surface area contributed by atoms with E-state index in [1.807, 2.05) is 0 Å². The molecule has 1 aliphatic rings. The van der Waals surface area contributed by atoms with E-state index in [1.165, 1.54) is 40.7 Å². The number of benzene rings is 2. The van der Waals surface area contributed by atoms with Gasteiger partial charge in [0.25, 0.3) is 0 Å². The minimum Gasteiger partial charge on any atom is -0.309 e. The average molecular weight is 392 g/mol. The molecular weight excluding hydrogens is 374 g/mol. The summed E-state index contributed by atoms with van der Waals surface area (Å²) in [6.07, 6.45) is 5.73. The molecule has 0 bridgehead atoms. The summed E-state index contributed by atoms with van der Waals surface area (Å²) < 4.78 is 5.60. The Morgan fingerprint density at radius 3 is 2.48 bits per heavy atom. The monoisotopic (exact) mass is 391 g/mol. The third-order valence-corrected chi connectivity index (χ3v) is 5.55.